The smallest absolute Gasteiger partial charge is 0.365 e. The Morgan fingerprint density at radius 3 is 2.17 bits per heavy atom. The number of halogens is 1. The number of benzene rings is 1. The molecule has 4 N–H and O–H groups in total. The molecule has 0 aliphatic carbocycles. The Hall–Kier alpha value is -1.40. The van der Waals surface area contributed by atoms with Crippen LogP contribution in [0.15, 0.2) is 48.8 Å². The first-order valence-electron chi connectivity index (χ1n) is 6.77. The van der Waals surface area contributed by atoms with Gasteiger partial charge in [-0.2, -0.15) is 4.57 Å². The number of rotatable bonds is 5. The molecule has 1 aromatic heterocycles. The molecule has 0 radical (unpaired) electrons. The van der Waals surface area contributed by atoms with Crippen molar-refractivity contribution in [2.45, 2.75) is 11.6 Å². The molecule has 2 rings (SSSR count). The highest BCUT2D eigenvalue weighted by molar-refractivity contribution is 7.74. The van der Waals surface area contributed by atoms with Crippen molar-refractivity contribution >= 4 is 15.0 Å². The molecule has 0 spiro atoms. The maximum atomic E-state index is 13.9. The molecule has 0 saturated carbocycles. The Labute approximate surface area is 137 Å². The van der Waals surface area contributed by atoms with Crippen molar-refractivity contribution in [1.82, 2.24) is 0 Å². The molecule has 0 amide bonds. The monoisotopic (exact) mass is 376 g/mol. The standard InChI is InChI=1S/C14H16FNO6P2/c1-23(18,19)14(17,24(20,21)22)10-16-8-12(7-13(15)9-16)11-5-3-2-4-6-11/h2-9,17H,10H2,1H3,(H2-,18,19,20,21,22)/p+1. The van der Waals surface area contributed by atoms with Gasteiger partial charge in [-0.1, -0.05) is 30.3 Å². The van der Waals surface area contributed by atoms with E-state index in [1.165, 1.54) is 12.3 Å². The lowest BCUT2D eigenvalue weighted by atomic mass is 10.1. The predicted molar refractivity (Wildman–Crippen MR) is 84.8 cm³/mol. The average Bonchev–Trinajstić information content (AvgIpc) is 2.45. The van der Waals surface area contributed by atoms with Crippen LogP contribution >= 0.6 is 15.0 Å². The highest BCUT2D eigenvalue weighted by atomic mass is 31.2. The molecule has 24 heavy (non-hydrogen) atoms. The van der Waals surface area contributed by atoms with Gasteiger partial charge < -0.3 is 19.8 Å². The Bertz CT molecular complexity index is 810. The van der Waals surface area contributed by atoms with E-state index < -0.39 is 32.4 Å². The first-order valence-corrected chi connectivity index (χ1v) is 10.5. The summed E-state index contributed by atoms with van der Waals surface area (Å²) in [4.78, 5) is 28.2. The Balaban J connectivity index is 2.52. The number of hydrogen-bond acceptors (Lipinski definition) is 3. The zero-order chi connectivity index (χ0) is 18.2. The van der Waals surface area contributed by atoms with E-state index in [1.807, 2.05) is 0 Å². The second-order valence-corrected chi connectivity index (χ2v) is 10.2. The fourth-order valence-electron chi connectivity index (χ4n) is 2.19. The molecule has 2 unspecified atom stereocenters. The minimum absolute atomic E-state index is 0.382. The first kappa shape index (κ1) is 18.9. The highest BCUT2D eigenvalue weighted by Crippen LogP contribution is 2.67. The largest absolute Gasteiger partial charge is 0.373 e. The molecule has 0 bridgehead atoms. The zero-order valence-corrected chi connectivity index (χ0v) is 14.4. The van der Waals surface area contributed by atoms with Gasteiger partial charge in [0.25, 0.3) is 0 Å². The summed E-state index contributed by atoms with van der Waals surface area (Å²) < 4.78 is 38.2. The third kappa shape index (κ3) is 3.81. The molecule has 7 nitrogen and oxygen atoms in total. The number of aliphatic hydroxyl groups is 1. The summed E-state index contributed by atoms with van der Waals surface area (Å²) in [7, 11) is -10.0. The molecular formula is C14H17FNO6P2+. The van der Waals surface area contributed by atoms with Crippen LogP contribution in [0.5, 0.6) is 0 Å². The van der Waals surface area contributed by atoms with Crippen LogP contribution in [0.4, 0.5) is 4.39 Å². The fraction of sp³-hybridized carbons (Fsp3) is 0.214. The highest BCUT2D eigenvalue weighted by Gasteiger charge is 2.60. The molecule has 2 atom stereocenters. The lowest BCUT2D eigenvalue weighted by Crippen LogP contribution is -2.47. The summed E-state index contributed by atoms with van der Waals surface area (Å²) in [6, 6.07) is 9.82. The van der Waals surface area contributed by atoms with Gasteiger partial charge in [0, 0.05) is 12.2 Å². The second-order valence-electron chi connectivity index (χ2n) is 5.48. The SMILES string of the molecule is CP(=O)(O)C(O)(C[n+]1cc(F)cc(-c2ccccc2)c1)P(=O)(O)O. The van der Waals surface area contributed by atoms with Crippen molar-refractivity contribution in [3.63, 3.8) is 0 Å². The van der Waals surface area contributed by atoms with Crippen molar-refractivity contribution in [2.75, 3.05) is 6.66 Å². The summed E-state index contributed by atoms with van der Waals surface area (Å²) in [6.07, 6.45) is 2.21. The third-order valence-corrected chi connectivity index (χ3v) is 7.96. The average molecular weight is 376 g/mol. The van der Waals surface area contributed by atoms with Crippen LogP contribution in [-0.2, 0) is 15.7 Å². The van der Waals surface area contributed by atoms with Crippen molar-refractivity contribution in [3.8, 4) is 11.1 Å². The molecule has 130 valence electrons. The van der Waals surface area contributed by atoms with Crippen LogP contribution < -0.4 is 4.57 Å². The number of hydrogen-bond donors (Lipinski definition) is 4. The summed E-state index contributed by atoms with van der Waals surface area (Å²) in [5, 5.41) is 6.95. The Morgan fingerprint density at radius 1 is 1.08 bits per heavy atom. The van der Waals surface area contributed by atoms with E-state index in [9.17, 15) is 33.3 Å². The second kappa shape index (κ2) is 6.48. The van der Waals surface area contributed by atoms with Gasteiger partial charge in [-0.15, -0.1) is 0 Å². The molecule has 0 saturated heterocycles. The summed E-state index contributed by atoms with van der Waals surface area (Å²) in [6.45, 7) is -0.302. The van der Waals surface area contributed by atoms with Gasteiger partial charge in [0.2, 0.25) is 13.6 Å². The summed E-state index contributed by atoms with van der Waals surface area (Å²) >= 11 is 0. The van der Waals surface area contributed by atoms with E-state index in [0.717, 1.165) is 10.8 Å². The lowest BCUT2D eigenvalue weighted by Gasteiger charge is -2.27. The van der Waals surface area contributed by atoms with Gasteiger partial charge in [0.15, 0.2) is 18.6 Å². The third-order valence-electron chi connectivity index (χ3n) is 3.52. The van der Waals surface area contributed by atoms with Crippen LogP contribution in [-0.4, -0.2) is 31.5 Å². The molecule has 0 fully saturated rings. The Morgan fingerprint density at radius 2 is 1.67 bits per heavy atom. The van der Waals surface area contributed by atoms with Crippen LogP contribution in [0.25, 0.3) is 11.1 Å². The zero-order valence-electron chi connectivity index (χ0n) is 12.7. The molecule has 1 heterocycles. The van der Waals surface area contributed by atoms with Gasteiger partial charge in [-0.05, 0) is 11.6 Å². The number of nitrogens with zero attached hydrogens (tertiary/aromatic N) is 1. The van der Waals surface area contributed by atoms with E-state index in [-0.39, 0.29) is 0 Å². The van der Waals surface area contributed by atoms with Crippen molar-refractivity contribution in [2.24, 2.45) is 0 Å². The predicted octanol–water partition coefficient (Wildman–Crippen LogP) is 1.50. The fourth-order valence-corrected chi connectivity index (χ4v) is 4.89. The van der Waals surface area contributed by atoms with Crippen molar-refractivity contribution in [1.29, 1.82) is 0 Å². The van der Waals surface area contributed by atoms with E-state index in [2.05, 4.69) is 0 Å². The topological polar surface area (TPSA) is 119 Å². The summed E-state index contributed by atoms with van der Waals surface area (Å²) in [5.74, 6) is -0.728. The maximum Gasteiger partial charge on any atom is 0.373 e. The van der Waals surface area contributed by atoms with Crippen molar-refractivity contribution < 1.29 is 37.9 Å². The molecule has 2 aromatic rings. The molecule has 0 aliphatic rings. The van der Waals surface area contributed by atoms with Crippen LogP contribution in [0.3, 0.4) is 0 Å². The molecule has 0 aliphatic heterocycles. The number of pyridine rings is 1. The van der Waals surface area contributed by atoms with Gasteiger partial charge in [-0.3, -0.25) is 9.13 Å². The first-order chi connectivity index (χ1) is 10.9. The van der Waals surface area contributed by atoms with E-state index in [0.29, 0.717) is 17.8 Å². The molecule has 1 aromatic carbocycles. The van der Waals surface area contributed by atoms with Gasteiger partial charge in [0.1, 0.15) is 0 Å². The van der Waals surface area contributed by atoms with Gasteiger partial charge >= 0.3 is 12.7 Å². The van der Waals surface area contributed by atoms with Crippen LogP contribution in [0.2, 0.25) is 0 Å². The van der Waals surface area contributed by atoms with E-state index in [1.54, 1.807) is 30.3 Å². The quantitative estimate of drug-likeness (QED) is 0.464. The minimum Gasteiger partial charge on any atom is -0.365 e. The molecule has 10 heteroatoms. The number of aromatic nitrogens is 1. The lowest BCUT2D eigenvalue weighted by molar-refractivity contribution is -0.704. The van der Waals surface area contributed by atoms with E-state index >= 15 is 0 Å². The van der Waals surface area contributed by atoms with Crippen LogP contribution in [0.1, 0.15) is 0 Å². The van der Waals surface area contributed by atoms with E-state index in [4.69, 9.17) is 0 Å². The minimum atomic E-state index is -5.38. The van der Waals surface area contributed by atoms with Gasteiger partial charge in [0.05, 0.1) is 0 Å². The normalized spacial score (nSPS) is 17.1. The molecular weight excluding hydrogens is 359 g/mol. The maximum absolute atomic E-state index is 13.9. The summed E-state index contributed by atoms with van der Waals surface area (Å²) in [5.41, 5.74) is 1.02. The van der Waals surface area contributed by atoms with Crippen LogP contribution in [0, 0.1) is 5.82 Å². The van der Waals surface area contributed by atoms with Crippen molar-refractivity contribution in [3.05, 3.63) is 54.6 Å². The van der Waals surface area contributed by atoms with Gasteiger partial charge in [-0.25, -0.2) is 4.39 Å². The Kier molecular flexibility index (Phi) is 5.11.